The van der Waals surface area contributed by atoms with Crippen LogP contribution >= 0.6 is 11.8 Å². The van der Waals surface area contributed by atoms with Crippen LogP contribution in [-0.2, 0) is 12.8 Å². The molecule has 0 amide bonds. The standard InChI is InChI=1S/C22H25N3OS/c1-13-7-9-18(10-8-13)21-23-24-22(25(21)6)27-12-19-14(2)11-15(3)20(16(19)4)17(5)26/h7-11H,12H2,1-6H3. The summed E-state index contributed by atoms with van der Waals surface area (Å²) in [5.74, 6) is 1.74. The third-order valence-electron chi connectivity index (χ3n) is 4.97. The molecule has 0 unspecified atom stereocenters. The van der Waals surface area contributed by atoms with Gasteiger partial charge in [0.05, 0.1) is 0 Å². The highest BCUT2D eigenvalue weighted by Gasteiger charge is 2.16. The number of aromatic nitrogens is 3. The van der Waals surface area contributed by atoms with E-state index in [0.29, 0.717) is 0 Å². The van der Waals surface area contributed by atoms with Gasteiger partial charge in [0, 0.05) is 23.9 Å². The largest absolute Gasteiger partial charge is 0.305 e. The lowest BCUT2D eigenvalue weighted by Crippen LogP contribution is -2.05. The maximum Gasteiger partial charge on any atom is 0.191 e. The number of carbonyl (C=O) groups is 1. The molecule has 1 aromatic heterocycles. The molecule has 1 heterocycles. The Morgan fingerprint density at radius 2 is 1.70 bits per heavy atom. The van der Waals surface area contributed by atoms with Crippen LogP contribution in [0.25, 0.3) is 11.4 Å². The smallest absolute Gasteiger partial charge is 0.191 e. The number of carbonyl (C=O) groups excluding carboxylic acids is 1. The van der Waals surface area contributed by atoms with Gasteiger partial charge in [-0.2, -0.15) is 0 Å². The molecule has 5 heteroatoms. The van der Waals surface area contributed by atoms with Gasteiger partial charge in [-0.1, -0.05) is 47.7 Å². The van der Waals surface area contributed by atoms with Gasteiger partial charge in [0.25, 0.3) is 0 Å². The molecular formula is C22H25N3OS. The fraction of sp³-hybridized carbons (Fsp3) is 0.318. The first-order valence-corrected chi connectivity index (χ1v) is 9.98. The highest BCUT2D eigenvalue weighted by atomic mass is 32.2. The minimum Gasteiger partial charge on any atom is -0.305 e. The number of nitrogens with zero attached hydrogens (tertiary/aromatic N) is 3. The Labute approximate surface area is 165 Å². The second-order valence-electron chi connectivity index (χ2n) is 7.07. The van der Waals surface area contributed by atoms with Crippen molar-refractivity contribution in [2.75, 3.05) is 0 Å². The maximum absolute atomic E-state index is 12.0. The molecule has 0 spiro atoms. The van der Waals surface area contributed by atoms with Gasteiger partial charge >= 0.3 is 0 Å². The predicted molar refractivity (Wildman–Crippen MR) is 111 cm³/mol. The van der Waals surface area contributed by atoms with Crippen molar-refractivity contribution in [2.24, 2.45) is 7.05 Å². The van der Waals surface area contributed by atoms with E-state index in [4.69, 9.17) is 0 Å². The quantitative estimate of drug-likeness (QED) is 0.451. The van der Waals surface area contributed by atoms with Gasteiger partial charge in [-0.3, -0.25) is 4.79 Å². The first-order valence-electron chi connectivity index (χ1n) is 8.99. The van der Waals surface area contributed by atoms with E-state index in [0.717, 1.165) is 39.0 Å². The highest BCUT2D eigenvalue weighted by Crippen LogP contribution is 2.30. The molecule has 2 aromatic carbocycles. The molecule has 27 heavy (non-hydrogen) atoms. The number of ketones is 1. The lowest BCUT2D eigenvalue weighted by atomic mass is 9.92. The fourth-order valence-corrected chi connectivity index (χ4v) is 4.62. The molecule has 0 saturated heterocycles. The Balaban J connectivity index is 1.87. The minimum absolute atomic E-state index is 0.122. The van der Waals surface area contributed by atoms with E-state index in [1.54, 1.807) is 18.7 Å². The van der Waals surface area contributed by atoms with Crippen LogP contribution in [-0.4, -0.2) is 20.5 Å². The Morgan fingerprint density at radius 1 is 1.04 bits per heavy atom. The molecule has 0 atom stereocenters. The van der Waals surface area contributed by atoms with Gasteiger partial charge in [0.2, 0.25) is 0 Å². The number of thioether (sulfide) groups is 1. The summed E-state index contributed by atoms with van der Waals surface area (Å²) in [6, 6.07) is 10.4. The normalized spacial score (nSPS) is 11.0. The molecule has 0 aliphatic heterocycles. The second kappa shape index (κ2) is 7.69. The monoisotopic (exact) mass is 379 g/mol. The zero-order chi connectivity index (χ0) is 19.7. The summed E-state index contributed by atoms with van der Waals surface area (Å²) < 4.78 is 2.03. The van der Waals surface area contributed by atoms with Crippen molar-refractivity contribution in [3.05, 3.63) is 63.7 Å². The summed E-state index contributed by atoms with van der Waals surface area (Å²) >= 11 is 1.65. The van der Waals surface area contributed by atoms with Crippen LogP contribution in [0.15, 0.2) is 35.5 Å². The molecule has 0 saturated carbocycles. The van der Waals surface area contributed by atoms with Crippen LogP contribution in [0.5, 0.6) is 0 Å². The molecule has 0 N–H and O–H groups in total. The van der Waals surface area contributed by atoms with Crippen molar-refractivity contribution in [3.8, 4) is 11.4 Å². The Morgan fingerprint density at radius 3 is 2.33 bits per heavy atom. The van der Waals surface area contributed by atoms with Gasteiger partial charge in [-0.15, -0.1) is 10.2 Å². The molecular weight excluding hydrogens is 354 g/mol. The van der Waals surface area contributed by atoms with Gasteiger partial charge in [-0.05, 0) is 56.9 Å². The topological polar surface area (TPSA) is 47.8 Å². The molecule has 0 aliphatic carbocycles. The van der Waals surface area contributed by atoms with Crippen LogP contribution in [0.4, 0.5) is 0 Å². The Bertz CT molecular complexity index is 1000. The number of aryl methyl sites for hydroxylation is 3. The first kappa shape index (κ1) is 19.4. The zero-order valence-electron chi connectivity index (χ0n) is 16.8. The lowest BCUT2D eigenvalue weighted by molar-refractivity contribution is 0.101. The molecule has 140 valence electrons. The molecule has 0 fully saturated rings. The molecule has 4 nitrogen and oxygen atoms in total. The Kier molecular flexibility index (Phi) is 5.51. The predicted octanol–water partition coefficient (Wildman–Crippen LogP) is 5.21. The van der Waals surface area contributed by atoms with Crippen molar-refractivity contribution < 1.29 is 4.79 Å². The third-order valence-corrected chi connectivity index (χ3v) is 6.02. The summed E-state index contributed by atoms with van der Waals surface area (Å²) in [7, 11) is 1.99. The number of benzene rings is 2. The van der Waals surface area contributed by atoms with Gasteiger partial charge in [0.15, 0.2) is 16.8 Å². The third kappa shape index (κ3) is 3.83. The van der Waals surface area contributed by atoms with Crippen molar-refractivity contribution >= 4 is 17.5 Å². The average molecular weight is 380 g/mol. The molecule has 0 aliphatic rings. The lowest BCUT2D eigenvalue weighted by Gasteiger charge is -2.15. The van der Waals surface area contributed by atoms with Gasteiger partial charge in [-0.25, -0.2) is 0 Å². The van der Waals surface area contributed by atoms with E-state index in [1.165, 1.54) is 16.7 Å². The molecule has 3 aromatic rings. The first-order chi connectivity index (χ1) is 12.8. The summed E-state index contributed by atoms with van der Waals surface area (Å²) in [4.78, 5) is 12.0. The number of Topliss-reactive ketones (excluding diaryl/α,β-unsaturated/α-hetero) is 1. The van der Waals surface area contributed by atoms with E-state index in [2.05, 4.69) is 54.4 Å². The van der Waals surface area contributed by atoms with Gasteiger partial charge in [0.1, 0.15) is 0 Å². The molecule has 0 radical (unpaired) electrons. The van der Waals surface area contributed by atoms with Crippen LogP contribution < -0.4 is 0 Å². The zero-order valence-corrected chi connectivity index (χ0v) is 17.6. The summed E-state index contributed by atoms with van der Waals surface area (Å²) in [6.45, 7) is 9.86. The van der Waals surface area contributed by atoms with E-state index in [-0.39, 0.29) is 5.78 Å². The van der Waals surface area contributed by atoms with Crippen LogP contribution in [0.3, 0.4) is 0 Å². The van der Waals surface area contributed by atoms with Crippen molar-refractivity contribution in [1.29, 1.82) is 0 Å². The van der Waals surface area contributed by atoms with Crippen molar-refractivity contribution in [3.63, 3.8) is 0 Å². The van der Waals surface area contributed by atoms with Crippen molar-refractivity contribution in [1.82, 2.24) is 14.8 Å². The van der Waals surface area contributed by atoms with E-state index in [9.17, 15) is 4.79 Å². The summed E-state index contributed by atoms with van der Waals surface area (Å²) in [5, 5.41) is 9.61. The number of hydrogen-bond donors (Lipinski definition) is 0. The van der Waals surface area contributed by atoms with E-state index >= 15 is 0 Å². The summed E-state index contributed by atoms with van der Waals surface area (Å²) in [5.41, 5.74) is 7.67. The van der Waals surface area contributed by atoms with E-state index < -0.39 is 0 Å². The maximum atomic E-state index is 12.0. The Hall–Kier alpha value is -2.40. The fourth-order valence-electron chi connectivity index (χ4n) is 3.52. The van der Waals surface area contributed by atoms with Crippen LogP contribution in [0.2, 0.25) is 0 Å². The minimum atomic E-state index is 0.122. The van der Waals surface area contributed by atoms with Crippen LogP contribution in [0.1, 0.15) is 45.1 Å². The summed E-state index contributed by atoms with van der Waals surface area (Å²) in [6.07, 6.45) is 0. The molecule has 0 bridgehead atoms. The van der Waals surface area contributed by atoms with E-state index in [1.807, 2.05) is 25.5 Å². The number of hydrogen-bond acceptors (Lipinski definition) is 4. The highest BCUT2D eigenvalue weighted by molar-refractivity contribution is 7.98. The number of rotatable bonds is 5. The van der Waals surface area contributed by atoms with Gasteiger partial charge < -0.3 is 4.57 Å². The second-order valence-corrected chi connectivity index (χ2v) is 8.01. The molecule has 3 rings (SSSR count). The van der Waals surface area contributed by atoms with Crippen molar-refractivity contribution in [2.45, 2.75) is 45.5 Å². The SMILES string of the molecule is CC(=O)c1c(C)cc(C)c(CSc2nnc(-c3ccc(C)cc3)n2C)c1C. The average Bonchev–Trinajstić information content (AvgIpc) is 2.95. The van der Waals surface area contributed by atoms with Crippen LogP contribution in [0, 0.1) is 27.7 Å².